The number of thioether (sulfide) groups is 1. The minimum atomic E-state index is -0.523. The van der Waals surface area contributed by atoms with Gasteiger partial charge < -0.3 is 5.32 Å². The van der Waals surface area contributed by atoms with Crippen molar-refractivity contribution in [2.45, 2.75) is 37.4 Å². The highest BCUT2D eigenvalue weighted by molar-refractivity contribution is 7.99. The molecule has 156 valence electrons. The number of rotatable bonds is 7. The van der Waals surface area contributed by atoms with Crippen molar-refractivity contribution in [2.24, 2.45) is 0 Å². The van der Waals surface area contributed by atoms with Gasteiger partial charge in [-0.15, -0.1) is 28.1 Å². The molecule has 0 atom stereocenters. The molecule has 1 N–H and O–H groups in total. The number of carbonyl (C=O) groups excluding carboxylic acids is 1. The van der Waals surface area contributed by atoms with Gasteiger partial charge >= 0.3 is 0 Å². The SMILES string of the molecule is C=CCn1c(SCC(=O)Nc2ccc(F)c(Cl)c2)nnc1-c1csc2c1CCCC2. The number of nitrogens with zero attached hydrogens (tertiary/aromatic N) is 3. The number of thiophene rings is 1. The summed E-state index contributed by atoms with van der Waals surface area (Å²) in [6, 6.07) is 4.08. The number of allylic oxidation sites excluding steroid dienone is 1. The zero-order valence-corrected chi connectivity index (χ0v) is 18.5. The molecule has 0 aliphatic heterocycles. The molecule has 0 unspecified atom stereocenters. The first-order valence-corrected chi connectivity index (χ1v) is 11.8. The average Bonchev–Trinajstić information content (AvgIpc) is 3.33. The first kappa shape index (κ1) is 21.1. The van der Waals surface area contributed by atoms with Gasteiger partial charge in [0.25, 0.3) is 0 Å². The van der Waals surface area contributed by atoms with Crippen molar-refractivity contribution in [2.75, 3.05) is 11.1 Å². The van der Waals surface area contributed by atoms with E-state index in [0.717, 1.165) is 24.2 Å². The highest BCUT2D eigenvalue weighted by Crippen LogP contribution is 2.36. The molecule has 4 rings (SSSR count). The van der Waals surface area contributed by atoms with E-state index in [1.165, 1.54) is 53.2 Å². The van der Waals surface area contributed by atoms with Gasteiger partial charge in [-0.3, -0.25) is 9.36 Å². The first-order chi connectivity index (χ1) is 14.6. The van der Waals surface area contributed by atoms with E-state index in [1.54, 1.807) is 17.4 Å². The number of anilines is 1. The van der Waals surface area contributed by atoms with Crippen LogP contribution in [0.2, 0.25) is 5.02 Å². The molecule has 2 heterocycles. The van der Waals surface area contributed by atoms with Gasteiger partial charge in [-0.2, -0.15) is 0 Å². The van der Waals surface area contributed by atoms with Crippen LogP contribution in [0.3, 0.4) is 0 Å². The predicted molar refractivity (Wildman–Crippen MR) is 121 cm³/mol. The molecule has 1 amide bonds. The Morgan fingerprint density at radius 3 is 3.00 bits per heavy atom. The zero-order valence-electron chi connectivity index (χ0n) is 16.2. The van der Waals surface area contributed by atoms with Crippen LogP contribution >= 0.6 is 34.7 Å². The lowest BCUT2D eigenvalue weighted by molar-refractivity contribution is -0.113. The molecule has 0 fully saturated rings. The molecule has 1 aliphatic rings. The Bertz CT molecular complexity index is 1090. The highest BCUT2D eigenvalue weighted by Gasteiger charge is 2.22. The van der Waals surface area contributed by atoms with Crippen LogP contribution in [0.4, 0.5) is 10.1 Å². The van der Waals surface area contributed by atoms with Crippen LogP contribution < -0.4 is 5.32 Å². The van der Waals surface area contributed by atoms with Gasteiger partial charge in [-0.25, -0.2) is 4.39 Å². The zero-order chi connectivity index (χ0) is 21.1. The predicted octanol–water partition coefficient (Wildman–Crippen LogP) is 5.59. The average molecular weight is 463 g/mol. The summed E-state index contributed by atoms with van der Waals surface area (Å²) in [6.07, 6.45) is 6.44. The third-order valence-electron chi connectivity index (χ3n) is 4.87. The number of hydrogen-bond acceptors (Lipinski definition) is 5. The fourth-order valence-corrected chi connectivity index (χ4v) is 5.52. The van der Waals surface area contributed by atoms with E-state index in [0.29, 0.717) is 17.4 Å². The molecule has 0 saturated carbocycles. The summed E-state index contributed by atoms with van der Waals surface area (Å²) < 4.78 is 15.3. The third-order valence-corrected chi connectivity index (χ3v) is 7.21. The van der Waals surface area contributed by atoms with Gasteiger partial charge in [0.15, 0.2) is 11.0 Å². The molecule has 0 radical (unpaired) electrons. The summed E-state index contributed by atoms with van der Waals surface area (Å²) in [7, 11) is 0. The molecule has 0 bridgehead atoms. The monoisotopic (exact) mass is 462 g/mol. The minimum Gasteiger partial charge on any atom is -0.325 e. The van der Waals surface area contributed by atoms with E-state index < -0.39 is 5.82 Å². The van der Waals surface area contributed by atoms with E-state index in [-0.39, 0.29) is 16.7 Å². The standard InChI is InChI=1S/C21H20ClFN4OS2/c1-2-9-27-20(15-11-29-18-6-4-3-5-14(15)18)25-26-21(27)30-12-19(28)24-13-7-8-17(23)16(22)10-13/h2,7-8,10-11H,1,3-6,9,12H2,(H,24,28). The Hall–Kier alpha value is -2.16. The lowest BCUT2D eigenvalue weighted by Crippen LogP contribution is -2.14. The second-order valence-corrected chi connectivity index (χ2v) is 9.24. The molecule has 0 saturated heterocycles. The Morgan fingerprint density at radius 2 is 2.20 bits per heavy atom. The molecule has 3 aromatic rings. The smallest absolute Gasteiger partial charge is 0.234 e. The quantitative estimate of drug-likeness (QED) is 0.367. The molecule has 30 heavy (non-hydrogen) atoms. The van der Waals surface area contributed by atoms with Crippen molar-refractivity contribution in [3.05, 3.63) is 57.5 Å². The molecule has 5 nitrogen and oxygen atoms in total. The number of nitrogens with one attached hydrogen (secondary N) is 1. The molecule has 9 heteroatoms. The number of aryl methyl sites for hydroxylation is 1. The Labute approximate surface area is 187 Å². The van der Waals surface area contributed by atoms with E-state index in [9.17, 15) is 9.18 Å². The topological polar surface area (TPSA) is 59.8 Å². The van der Waals surface area contributed by atoms with Gasteiger partial charge in [-0.05, 0) is 49.4 Å². The van der Waals surface area contributed by atoms with E-state index >= 15 is 0 Å². The largest absolute Gasteiger partial charge is 0.325 e. The summed E-state index contributed by atoms with van der Waals surface area (Å²) in [5.41, 5.74) is 2.97. The highest BCUT2D eigenvalue weighted by atomic mass is 35.5. The summed E-state index contributed by atoms with van der Waals surface area (Å²) in [5, 5.41) is 14.3. The molecule has 0 spiro atoms. The minimum absolute atomic E-state index is 0.0325. The van der Waals surface area contributed by atoms with Crippen LogP contribution in [0.25, 0.3) is 11.4 Å². The number of halogens is 2. The fourth-order valence-electron chi connectivity index (χ4n) is 3.47. The maximum Gasteiger partial charge on any atom is 0.234 e. The van der Waals surface area contributed by atoms with Gasteiger partial charge in [-0.1, -0.05) is 29.4 Å². The fraction of sp³-hybridized carbons (Fsp3) is 0.286. The van der Waals surface area contributed by atoms with Crippen molar-refractivity contribution in [1.29, 1.82) is 0 Å². The van der Waals surface area contributed by atoms with Crippen LogP contribution in [0.5, 0.6) is 0 Å². The van der Waals surface area contributed by atoms with E-state index in [4.69, 9.17) is 11.6 Å². The van der Waals surface area contributed by atoms with Crippen LogP contribution in [-0.4, -0.2) is 26.4 Å². The van der Waals surface area contributed by atoms with Crippen LogP contribution in [0.1, 0.15) is 23.3 Å². The maximum absolute atomic E-state index is 13.3. The Morgan fingerprint density at radius 1 is 1.37 bits per heavy atom. The van der Waals surface area contributed by atoms with Crippen LogP contribution in [0, 0.1) is 5.82 Å². The van der Waals surface area contributed by atoms with Gasteiger partial charge in [0.2, 0.25) is 5.91 Å². The molecular formula is C21H20ClFN4OS2. The number of carbonyl (C=O) groups is 1. The third kappa shape index (κ3) is 4.45. The van der Waals surface area contributed by atoms with E-state index in [1.807, 2.05) is 4.57 Å². The van der Waals surface area contributed by atoms with Crippen molar-refractivity contribution in [3.63, 3.8) is 0 Å². The van der Waals surface area contributed by atoms with Crippen molar-refractivity contribution in [3.8, 4) is 11.4 Å². The Kier molecular flexibility index (Phi) is 6.55. The molecular weight excluding hydrogens is 443 g/mol. The molecule has 1 aromatic carbocycles. The summed E-state index contributed by atoms with van der Waals surface area (Å²) in [5.74, 6) is 0.212. The maximum atomic E-state index is 13.3. The van der Waals surface area contributed by atoms with Crippen LogP contribution in [-0.2, 0) is 24.2 Å². The first-order valence-electron chi connectivity index (χ1n) is 9.58. The molecule has 2 aromatic heterocycles. The van der Waals surface area contributed by atoms with Gasteiger partial charge in [0.1, 0.15) is 5.82 Å². The number of aromatic nitrogens is 3. The summed E-state index contributed by atoms with van der Waals surface area (Å²) in [4.78, 5) is 13.8. The van der Waals surface area contributed by atoms with Crippen molar-refractivity contribution in [1.82, 2.24) is 14.8 Å². The van der Waals surface area contributed by atoms with Crippen molar-refractivity contribution < 1.29 is 9.18 Å². The summed E-state index contributed by atoms with van der Waals surface area (Å²) >= 11 is 8.86. The second kappa shape index (κ2) is 9.32. The van der Waals surface area contributed by atoms with E-state index in [2.05, 4.69) is 27.5 Å². The van der Waals surface area contributed by atoms with Gasteiger partial charge in [0, 0.05) is 28.1 Å². The number of amides is 1. The molecule has 1 aliphatic carbocycles. The normalized spacial score (nSPS) is 13.1. The number of benzene rings is 1. The van der Waals surface area contributed by atoms with Crippen molar-refractivity contribution >= 4 is 46.3 Å². The lowest BCUT2D eigenvalue weighted by atomic mass is 9.95. The Balaban J connectivity index is 1.49. The van der Waals surface area contributed by atoms with Gasteiger partial charge in [0.05, 0.1) is 10.8 Å². The second-order valence-electron chi connectivity index (χ2n) is 6.93. The summed E-state index contributed by atoms with van der Waals surface area (Å²) in [6.45, 7) is 4.41. The number of hydrogen-bond donors (Lipinski definition) is 1. The lowest BCUT2D eigenvalue weighted by Gasteiger charge is -2.13. The van der Waals surface area contributed by atoms with Crippen LogP contribution in [0.15, 0.2) is 41.4 Å². The number of fused-ring (bicyclic) bond motifs is 1.